The van der Waals surface area contributed by atoms with E-state index in [-0.39, 0.29) is 25.7 Å². The summed E-state index contributed by atoms with van der Waals surface area (Å²) in [5, 5.41) is 6.89. The third-order valence-corrected chi connectivity index (χ3v) is 2.26. The first-order chi connectivity index (χ1) is 3.83. The van der Waals surface area contributed by atoms with E-state index in [9.17, 15) is 0 Å². The predicted octanol–water partition coefficient (Wildman–Crippen LogP) is 1.37. The van der Waals surface area contributed by atoms with Crippen LogP contribution in [0.4, 0.5) is 0 Å². The minimum Gasteiger partial charge on any atom is -0.483 e. The molecule has 0 saturated carbocycles. The van der Waals surface area contributed by atoms with Crippen LogP contribution >= 0.6 is 9.07 Å². The van der Waals surface area contributed by atoms with Gasteiger partial charge in [-0.1, -0.05) is 13.3 Å². The molecule has 2 nitrogen and oxygen atoms in total. The molecule has 0 aliphatic carbocycles. The van der Waals surface area contributed by atoms with Crippen LogP contribution in [0.3, 0.4) is 0 Å². The quantitative estimate of drug-likeness (QED) is 0.475. The van der Waals surface area contributed by atoms with E-state index in [1.165, 1.54) is 11.0 Å². The van der Waals surface area contributed by atoms with Gasteiger partial charge in [0.15, 0.2) is 0 Å². The van der Waals surface area contributed by atoms with E-state index < -0.39 is 0 Å². The molecule has 0 saturated heterocycles. The molecule has 4 heteroatoms. The highest BCUT2D eigenvalue weighted by Crippen LogP contribution is 1.85. The number of rotatable bonds is 2. The minimum atomic E-state index is -0.250. The van der Waals surface area contributed by atoms with Gasteiger partial charge in [-0.25, -0.2) is 0 Å². The summed E-state index contributed by atoms with van der Waals surface area (Å²) in [7, 11) is 5.44. The molecule has 0 aromatic carbocycles. The van der Waals surface area contributed by atoms with Crippen molar-refractivity contribution in [2.75, 3.05) is 0 Å². The van der Waals surface area contributed by atoms with Crippen molar-refractivity contribution >= 4 is 34.8 Å². The first kappa shape index (κ1) is 11.3. The first-order valence-electron chi connectivity index (χ1n) is 2.47. The molecule has 0 atom stereocenters. The van der Waals surface area contributed by atoms with Crippen LogP contribution in [0.25, 0.3) is 0 Å². The van der Waals surface area contributed by atoms with Gasteiger partial charge in [-0.2, -0.15) is 0 Å². The van der Waals surface area contributed by atoms with Crippen LogP contribution < -0.4 is 0 Å². The van der Waals surface area contributed by atoms with Gasteiger partial charge in [0.1, 0.15) is 0 Å². The van der Waals surface area contributed by atoms with Crippen LogP contribution in [0.5, 0.6) is 0 Å². The van der Waals surface area contributed by atoms with E-state index in [1.54, 1.807) is 0 Å². The molecule has 0 unspecified atom stereocenters. The maximum atomic E-state index is 8.36. The molecule has 0 amide bonds. The maximum Gasteiger partial charge on any atom is 0.501 e. The molecule has 8 heavy (non-hydrogen) atoms. The summed E-state index contributed by atoms with van der Waals surface area (Å²) in [5.74, 6) is 0. The average Bonchev–Trinajstić information content (AvgIpc) is 1.71. The van der Waals surface area contributed by atoms with E-state index in [0.717, 1.165) is 0 Å². The van der Waals surface area contributed by atoms with Gasteiger partial charge in [-0.3, -0.25) is 4.79 Å². The minimum absolute atomic E-state index is 0.114. The summed E-state index contributed by atoms with van der Waals surface area (Å²) in [6.07, 6.45) is 1.27. The van der Waals surface area contributed by atoms with Crippen molar-refractivity contribution in [2.24, 2.45) is 0 Å². The molecule has 0 heterocycles. The lowest BCUT2D eigenvalue weighted by Crippen LogP contribution is -1.69. The van der Waals surface area contributed by atoms with Gasteiger partial charge in [0, 0.05) is 0 Å². The van der Waals surface area contributed by atoms with E-state index in [4.69, 9.17) is 19.0 Å². The van der Waals surface area contributed by atoms with E-state index in [1.807, 2.05) is 0 Å². The molecular weight excluding hydrogens is 140 g/mol. The zero-order valence-electron chi connectivity index (χ0n) is 4.93. The molecule has 0 aromatic heterocycles. The van der Waals surface area contributed by atoms with Crippen LogP contribution in [0, 0.1) is 0 Å². The van der Waals surface area contributed by atoms with Gasteiger partial charge in [0.25, 0.3) is 6.47 Å². The molecule has 0 aliphatic rings. The van der Waals surface area contributed by atoms with Crippen molar-refractivity contribution in [2.45, 2.75) is 17.9 Å². The van der Waals surface area contributed by atoms with Crippen molar-refractivity contribution in [3.05, 3.63) is 0 Å². The standard InChI is InChI=1S/C3H7.CH2O2.ClH.Mg/c1-3-2;2-1-3;;/h1,3H2,2H3;1H,(H,2,3);1H;/q;;;+1/p-1. The van der Waals surface area contributed by atoms with Crippen LogP contribution in [0.1, 0.15) is 13.3 Å². The molecule has 0 aromatic rings. The second kappa shape index (κ2) is 15.6. The fraction of sp³-hybridized carbons (Fsp3) is 0.750. The van der Waals surface area contributed by atoms with Crippen molar-refractivity contribution in [1.29, 1.82) is 0 Å². The lowest BCUT2D eigenvalue weighted by atomic mass is 10.6. The smallest absolute Gasteiger partial charge is 0.483 e. The Labute approximate surface area is 62.7 Å². The number of carbonyl (C=O) groups is 1. The average molecular weight is 149 g/mol. The SMILES string of the molecule is CC[CH2][Mg][Cl].O=CO. The Morgan fingerprint density at radius 2 is 2.25 bits per heavy atom. The Morgan fingerprint density at radius 3 is 2.25 bits per heavy atom. The van der Waals surface area contributed by atoms with E-state index in [2.05, 4.69) is 6.92 Å². The van der Waals surface area contributed by atoms with Gasteiger partial charge in [0.05, 0.1) is 0 Å². The Hall–Kier alpha value is 0.526. The fourth-order valence-corrected chi connectivity index (χ4v) is 1.20. The molecule has 0 spiro atoms. The van der Waals surface area contributed by atoms with Crippen LogP contribution in [0.2, 0.25) is 4.55 Å². The van der Waals surface area contributed by atoms with Gasteiger partial charge < -0.3 is 14.2 Å². The highest BCUT2D eigenvalue weighted by atomic mass is 35.5. The zero-order chi connectivity index (χ0) is 6.83. The number of carboxylic acid groups (broad SMARTS) is 1. The van der Waals surface area contributed by atoms with Crippen molar-refractivity contribution in [3.8, 4) is 0 Å². The number of hydrogen-bond acceptors (Lipinski definition) is 1. The molecular formula is C4H9ClMgO2. The normalized spacial score (nSPS) is 5.75. The van der Waals surface area contributed by atoms with Crippen molar-refractivity contribution in [3.63, 3.8) is 0 Å². The Balaban J connectivity index is 0. The Kier molecular flexibility index (Phi) is 22.2. The van der Waals surface area contributed by atoms with Gasteiger partial charge in [-0.05, 0) is 0 Å². The zero-order valence-corrected chi connectivity index (χ0v) is 7.10. The van der Waals surface area contributed by atoms with Crippen LogP contribution in [-0.2, 0) is 4.79 Å². The van der Waals surface area contributed by atoms with Crippen LogP contribution in [-0.4, -0.2) is 30.8 Å². The Bertz CT molecular complexity index is 41.0. The van der Waals surface area contributed by atoms with Crippen LogP contribution in [0.15, 0.2) is 0 Å². The largest absolute Gasteiger partial charge is 0.501 e. The fourth-order valence-electron chi connectivity index (χ4n) is 0.134. The van der Waals surface area contributed by atoms with Crippen molar-refractivity contribution in [1.82, 2.24) is 0 Å². The van der Waals surface area contributed by atoms with E-state index in [0.29, 0.717) is 0 Å². The highest BCUT2D eigenvalue weighted by Gasteiger charge is 1.81. The lowest BCUT2D eigenvalue weighted by molar-refractivity contribution is -0.122. The Morgan fingerprint density at radius 1 is 1.88 bits per heavy atom. The number of hydrogen-bond donors (Lipinski definition) is 1. The maximum absolute atomic E-state index is 8.36. The van der Waals surface area contributed by atoms with Gasteiger partial charge >= 0.3 is 19.3 Å². The lowest BCUT2D eigenvalue weighted by Gasteiger charge is -1.73. The van der Waals surface area contributed by atoms with Gasteiger partial charge in [-0.15, -0.1) is 4.55 Å². The predicted molar refractivity (Wildman–Crippen MR) is 35.4 cm³/mol. The molecule has 0 rings (SSSR count). The third-order valence-electron chi connectivity index (χ3n) is 0.487. The monoisotopic (exact) mass is 148 g/mol. The summed E-state index contributed by atoms with van der Waals surface area (Å²) >= 11 is -0.114. The first-order valence-corrected chi connectivity index (χ1v) is 5.61. The molecule has 46 valence electrons. The summed E-state index contributed by atoms with van der Waals surface area (Å²) < 4.78 is 1.29. The highest BCUT2D eigenvalue weighted by molar-refractivity contribution is 6.93. The second-order valence-corrected chi connectivity index (χ2v) is 3.37. The summed E-state index contributed by atoms with van der Waals surface area (Å²) in [6, 6.07) is 0. The van der Waals surface area contributed by atoms with Crippen molar-refractivity contribution < 1.29 is 9.90 Å². The molecule has 0 aliphatic heterocycles. The molecule has 0 fully saturated rings. The summed E-state index contributed by atoms with van der Waals surface area (Å²) in [4.78, 5) is 8.36. The second-order valence-electron chi connectivity index (χ2n) is 1.15. The number of halogens is 1. The summed E-state index contributed by atoms with van der Waals surface area (Å²) in [5.41, 5.74) is 0. The molecule has 0 radical (unpaired) electrons. The summed E-state index contributed by atoms with van der Waals surface area (Å²) in [6.45, 7) is 1.91. The topological polar surface area (TPSA) is 37.3 Å². The molecule has 1 N–H and O–H groups in total. The third kappa shape index (κ3) is 31.2. The molecule has 0 bridgehead atoms. The van der Waals surface area contributed by atoms with Gasteiger partial charge in [0.2, 0.25) is 0 Å². The van der Waals surface area contributed by atoms with E-state index >= 15 is 0 Å².